The Morgan fingerprint density at radius 2 is 1.87 bits per heavy atom. The van der Waals surface area contributed by atoms with Crippen molar-refractivity contribution in [3.63, 3.8) is 0 Å². The van der Waals surface area contributed by atoms with Crippen LogP contribution in [-0.2, 0) is 11.2 Å². The van der Waals surface area contributed by atoms with E-state index in [1.807, 2.05) is 30.3 Å². The average Bonchev–Trinajstić information content (AvgIpc) is 2.71. The quantitative estimate of drug-likeness (QED) is 0.671. The normalized spacial score (nSPS) is 20.7. The molecule has 6 heteroatoms. The van der Waals surface area contributed by atoms with Crippen LogP contribution in [-0.4, -0.2) is 17.5 Å². The molecule has 1 heterocycles. The summed E-state index contributed by atoms with van der Waals surface area (Å²) in [5.74, 6) is -0.335. The zero-order valence-electron chi connectivity index (χ0n) is 12.5. The van der Waals surface area contributed by atoms with E-state index in [4.69, 9.17) is 17.3 Å². The summed E-state index contributed by atoms with van der Waals surface area (Å²) >= 11 is 6.14. The molecule has 0 radical (unpaired) electrons. The molecule has 1 saturated heterocycles. The molecule has 3 rings (SSSR count). The van der Waals surface area contributed by atoms with Gasteiger partial charge in [0.05, 0.1) is 10.7 Å². The van der Waals surface area contributed by atoms with Crippen LogP contribution >= 0.6 is 11.6 Å². The van der Waals surface area contributed by atoms with Crippen LogP contribution in [0.3, 0.4) is 0 Å². The standard InChI is InChI=1S/C17H16ClN3O2/c1-17(10-11-5-3-2-4-6-11)15(22)21(16(23)20-17)14-8-7-12(19)9-13(14)18/h2-9H,10,19H2,1H3,(H,20,23)/t17-/m1/s1. The van der Waals surface area contributed by atoms with Crippen LogP contribution in [0.2, 0.25) is 5.02 Å². The van der Waals surface area contributed by atoms with Crippen LogP contribution in [0.4, 0.5) is 16.2 Å². The molecule has 118 valence electrons. The van der Waals surface area contributed by atoms with Gasteiger partial charge in [-0.25, -0.2) is 9.69 Å². The number of hydrogen-bond acceptors (Lipinski definition) is 3. The van der Waals surface area contributed by atoms with Crippen LogP contribution in [0, 0.1) is 0 Å². The van der Waals surface area contributed by atoms with E-state index in [1.54, 1.807) is 19.1 Å². The van der Waals surface area contributed by atoms with Crippen molar-refractivity contribution in [2.75, 3.05) is 10.6 Å². The zero-order chi connectivity index (χ0) is 16.6. The van der Waals surface area contributed by atoms with Gasteiger partial charge in [0.1, 0.15) is 5.54 Å². The summed E-state index contributed by atoms with van der Waals surface area (Å²) in [4.78, 5) is 26.2. The van der Waals surface area contributed by atoms with Crippen molar-refractivity contribution >= 4 is 34.9 Å². The third-order valence-electron chi connectivity index (χ3n) is 3.87. The molecular formula is C17H16ClN3O2. The van der Waals surface area contributed by atoms with E-state index in [-0.39, 0.29) is 10.9 Å². The number of rotatable bonds is 3. The number of halogens is 1. The molecule has 1 aliphatic rings. The van der Waals surface area contributed by atoms with Gasteiger partial charge in [0, 0.05) is 12.1 Å². The number of carbonyl (C=O) groups excluding carboxylic acids is 2. The number of nitrogens with one attached hydrogen (secondary N) is 1. The lowest BCUT2D eigenvalue weighted by atomic mass is 9.93. The van der Waals surface area contributed by atoms with E-state index >= 15 is 0 Å². The van der Waals surface area contributed by atoms with Crippen molar-refractivity contribution in [2.45, 2.75) is 18.9 Å². The summed E-state index contributed by atoms with van der Waals surface area (Å²) in [6.07, 6.45) is 0.404. The highest BCUT2D eigenvalue weighted by Gasteiger charge is 2.48. The van der Waals surface area contributed by atoms with Crippen LogP contribution in [0.5, 0.6) is 0 Å². The van der Waals surface area contributed by atoms with E-state index < -0.39 is 11.6 Å². The second-order valence-corrected chi connectivity index (χ2v) is 6.18. The molecular weight excluding hydrogens is 314 g/mol. The Hall–Kier alpha value is -2.53. The number of hydrogen-bond donors (Lipinski definition) is 2. The number of imide groups is 1. The number of benzene rings is 2. The van der Waals surface area contributed by atoms with E-state index in [9.17, 15) is 9.59 Å². The van der Waals surface area contributed by atoms with Crippen molar-refractivity contribution in [1.29, 1.82) is 0 Å². The molecule has 1 atom stereocenters. The third kappa shape index (κ3) is 2.75. The highest BCUT2D eigenvalue weighted by Crippen LogP contribution is 2.33. The Morgan fingerprint density at radius 3 is 2.52 bits per heavy atom. The maximum atomic E-state index is 12.8. The number of nitrogens with two attached hydrogens (primary N) is 1. The first-order valence-corrected chi connectivity index (χ1v) is 7.54. The minimum Gasteiger partial charge on any atom is -0.399 e. The first-order chi connectivity index (χ1) is 10.9. The minimum atomic E-state index is -1.01. The molecule has 23 heavy (non-hydrogen) atoms. The predicted molar refractivity (Wildman–Crippen MR) is 90.4 cm³/mol. The van der Waals surface area contributed by atoms with Gasteiger partial charge in [-0.2, -0.15) is 0 Å². The molecule has 0 spiro atoms. The Labute approximate surface area is 139 Å². The molecule has 0 saturated carbocycles. The number of nitrogen functional groups attached to an aromatic ring is 1. The van der Waals surface area contributed by atoms with Gasteiger partial charge in [-0.1, -0.05) is 41.9 Å². The Balaban J connectivity index is 1.93. The van der Waals surface area contributed by atoms with E-state index in [1.165, 1.54) is 6.07 Å². The van der Waals surface area contributed by atoms with Crippen LogP contribution < -0.4 is 16.0 Å². The molecule has 3 amide bonds. The van der Waals surface area contributed by atoms with Gasteiger partial charge in [0.15, 0.2) is 0 Å². The summed E-state index contributed by atoms with van der Waals surface area (Å²) in [5.41, 5.74) is 6.42. The maximum Gasteiger partial charge on any atom is 0.329 e. The van der Waals surface area contributed by atoms with Crippen molar-refractivity contribution in [3.8, 4) is 0 Å². The molecule has 2 aromatic carbocycles. The lowest BCUT2D eigenvalue weighted by molar-refractivity contribution is -0.121. The third-order valence-corrected chi connectivity index (χ3v) is 4.18. The number of carbonyl (C=O) groups is 2. The molecule has 3 N–H and O–H groups in total. The molecule has 2 aromatic rings. The monoisotopic (exact) mass is 329 g/mol. The van der Waals surface area contributed by atoms with Gasteiger partial charge in [0.25, 0.3) is 5.91 Å². The topological polar surface area (TPSA) is 75.4 Å². The summed E-state index contributed by atoms with van der Waals surface area (Å²) in [5, 5.41) is 3.03. The first-order valence-electron chi connectivity index (χ1n) is 7.16. The Morgan fingerprint density at radius 1 is 1.17 bits per heavy atom. The fourth-order valence-corrected chi connectivity index (χ4v) is 3.01. The fraction of sp³-hybridized carbons (Fsp3) is 0.176. The fourth-order valence-electron chi connectivity index (χ4n) is 2.73. The molecule has 1 aliphatic heterocycles. The summed E-state index contributed by atoms with van der Waals surface area (Å²) < 4.78 is 0. The number of amides is 3. The predicted octanol–water partition coefficient (Wildman–Crippen LogP) is 2.98. The van der Waals surface area contributed by atoms with Crippen molar-refractivity contribution in [3.05, 3.63) is 59.1 Å². The molecule has 1 fully saturated rings. The van der Waals surface area contributed by atoms with Crippen molar-refractivity contribution in [1.82, 2.24) is 5.32 Å². The highest BCUT2D eigenvalue weighted by molar-refractivity contribution is 6.36. The second kappa shape index (κ2) is 5.59. The van der Waals surface area contributed by atoms with Crippen molar-refractivity contribution in [2.24, 2.45) is 0 Å². The Bertz CT molecular complexity index is 779. The van der Waals surface area contributed by atoms with Crippen LogP contribution in [0.25, 0.3) is 0 Å². The largest absolute Gasteiger partial charge is 0.399 e. The van der Waals surface area contributed by atoms with Crippen molar-refractivity contribution < 1.29 is 9.59 Å². The molecule has 5 nitrogen and oxygen atoms in total. The zero-order valence-corrected chi connectivity index (χ0v) is 13.3. The lowest BCUT2D eigenvalue weighted by Crippen LogP contribution is -2.46. The summed E-state index contributed by atoms with van der Waals surface area (Å²) in [6.45, 7) is 1.71. The molecule has 0 aromatic heterocycles. The van der Waals surface area contributed by atoms with Gasteiger partial charge in [0.2, 0.25) is 0 Å². The van der Waals surface area contributed by atoms with Gasteiger partial charge >= 0.3 is 6.03 Å². The summed E-state index contributed by atoms with van der Waals surface area (Å²) in [6, 6.07) is 13.7. The second-order valence-electron chi connectivity index (χ2n) is 5.78. The average molecular weight is 330 g/mol. The van der Waals surface area contributed by atoms with Gasteiger partial charge in [-0.3, -0.25) is 4.79 Å². The van der Waals surface area contributed by atoms with E-state index in [0.717, 1.165) is 10.5 Å². The van der Waals surface area contributed by atoms with Crippen LogP contribution in [0.1, 0.15) is 12.5 Å². The van der Waals surface area contributed by atoms with E-state index in [0.29, 0.717) is 17.8 Å². The first kappa shape index (κ1) is 15.4. The Kier molecular flexibility index (Phi) is 3.74. The SMILES string of the molecule is C[C@]1(Cc2ccccc2)NC(=O)N(c2ccc(N)cc2Cl)C1=O. The van der Waals surface area contributed by atoms with Crippen LogP contribution in [0.15, 0.2) is 48.5 Å². The summed E-state index contributed by atoms with van der Waals surface area (Å²) in [7, 11) is 0. The molecule has 0 aliphatic carbocycles. The smallest absolute Gasteiger partial charge is 0.329 e. The van der Waals surface area contributed by atoms with Gasteiger partial charge in [-0.15, -0.1) is 0 Å². The lowest BCUT2D eigenvalue weighted by Gasteiger charge is -2.22. The number of urea groups is 1. The number of nitrogens with zero attached hydrogens (tertiary/aromatic N) is 1. The minimum absolute atomic E-state index is 0.262. The van der Waals surface area contributed by atoms with E-state index in [2.05, 4.69) is 5.32 Å². The molecule has 0 unspecified atom stereocenters. The van der Waals surface area contributed by atoms with Gasteiger partial charge in [-0.05, 0) is 30.7 Å². The molecule has 0 bridgehead atoms. The number of anilines is 2. The highest BCUT2D eigenvalue weighted by atomic mass is 35.5. The maximum absolute atomic E-state index is 12.8. The van der Waals surface area contributed by atoms with Gasteiger partial charge < -0.3 is 11.1 Å².